The summed E-state index contributed by atoms with van der Waals surface area (Å²) < 4.78 is 0. The van der Waals surface area contributed by atoms with Crippen molar-refractivity contribution in [1.82, 2.24) is 0 Å². The van der Waals surface area contributed by atoms with E-state index in [4.69, 9.17) is 0 Å². The van der Waals surface area contributed by atoms with Gasteiger partial charge in [0.05, 0.1) is 0 Å². The van der Waals surface area contributed by atoms with Crippen LogP contribution in [0.3, 0.4) is 0 Å². The summed E-state index contributed by atoms with van der Waals surface area (Å²) in [4.78, 5) is 1.46. The third-order valence-corrected chi connectivity index (χ3v) is 5.26. The maximum absolute atomic E-state index is 2.37. The summed E-state index contributed by atoms with van der Waals surface area (Å²) in [5, 5.41) is 2.68. The van der Waals surface area contributed by atoms with Gasteiger partial charge < -0.3 is 0 Å². The Bertz CT molecular complexity index is 760. The third kappa shape index (κ3) is 2.03. The van der Waals surface area contributed by atoms with Gasteiger partial charge in [0.1, 0.15) is 0 Å². The van der Waals surface area contributed by atoms with Gasteiger partial charge in [-0.15, -0.1) is 11.8 Å². The molecule has 1 heterocycles. The van der Waals surface area contributed by atoms with Gasteiger partial charge in [0.2, 0.25) is 0 Å². The molecule has 0 N–H and O–H groups in total. The first kappa shape index (κ1) is 12.0. The largest absolute Gasteiger partial charge is 0.126 e. The van der Waals surface area contributed by atoms with Crippen LogP contribution in [0.4, 0.5) is 0 Å². The molecule has 0 radical (unpaired) electrons. The predicted molar refractivity (Wildman–Crippen MR) is 87.6 cm³/mol. The summed E-state index contributed by atoms with van der Waals surface area (Å²) in [7, 11) is 0. The average Bonchev–Trinajstić information content (AvgIpc) is 2.54. The predicted octanol–water partition coefficient (Wildman–Crippen LogP) is 5.47. The van der Waals surface area contributed by atoms with Crippen molar-refractivity contribution in [1.29, 1.82) is 0 Å². The molecule has 0 bridgehead atoms. The third-order valence-electron chi connectivity index (χ3n) is 4.13. The first-order valence-corrected chi connectivity index (χ1v) is 8.11. The molecule has 3 aromatic rings. The molecule has 0 unspecified atom stereocenters. The highest BCUT2D eigenvalue weighted by Gasteiger charge is 2.21. The quantitative estimate of drug-likeness (QED) is 0.568. The Kier molecular flexibility index (Phi) is 3.00. The van der Waals surface area contributed by atoms with E-state index in [0.717, 1.165) is 0 Å². The summed E-state index contributed by atoms with van der Waals surface area (Å²) in [5.41, 5.74) is 2.95. The molecule has 0 saturated carbocycles. The number of rotatable bonds is 1. The van der Waals surface area contributed by atoms with Gasteiger partial charge in [-0.05, 0) is 40.1 Å². The van der Waals surface area contributed by atoms with Crippen LogP contribution in [0.15, 0.2) is 71.6 Å². The molecular weight excluding hydrogens is 260 g/mol. The summed E-state index contributed by atoms with van der Waals surface area (Å²) in [6, 6.07) is 24.4. The Balaban J connectivity index is 1.84. The summed E-state index contributed by atoms with van der Waals surface area (Å²) in [5.74, 6) is 1.77. The van der Waals surface area contributed by atoms with Crippen molar-refractivity contribution >= 4 is 22.5 Å². The molecule has 0 fully saturated rings. The lowest BCUT2D eigenvalue weighted by atomic mass is 9.87. The standard InChI is InChI=1S/C19H16S/c1-2-6-15-13-16(10-9-14(15)5-1)17-11-12-20-19-8-4-3-7-18(17)19/h1-10,13,17H,11-12H2/t17-/m1/s1. The van der Waals surface area contributed by atoms with Gasteiger partial charge in [-0.25, -0.2) is 0 Å². The summed E-state index contributed by atoms with van der Waals surface area (Å²) >= 11 is 1.99. The van der Waals surface area contributed by atoms with E-state index < -0.39 is 0 Å². The first-order chi connectivity index (χ1) is 9.92. The SMILES string of the molecule is c1ccc2c(c1)SCC[C@@H]2c1ccc2ccccc2c1. The Morgan fingerprint density at radius 1 is 0.800 bits per heavy atom. The Morgan fingerprint density at radius 3 is 2.55 bits per heavy atom. The average molecular weight is 276 g/mol. The number of hydrogen-bond donors (Lipinski definition) is 0. The molecule has 20 heavy (non-hydrogen) atoms. The molecule has 3 aromatic carbocycles. The normalized spacial score (nSPS) is 17.9. The van der Waals surface area contributed by atoms with Gasteiger partial charge >= 0.3 is 0 Å². The van der Waals surface area contributed by atoms with E-state index >= 15 is 0 Å². The lowest BCUT2D eigenvalue weighted by Crippen LogP contribution is -2.08. The molecule has 0 aromatic heterocycles. The van der Waals surface area contributed by atoms with E-state index in [2.05, 4.69) is 66.7 Å². The van der Waals surface area contributed by atoms with E-state index in [9.17, 15) is 0 Å². The molecule has 0 spiro atoms. The van der Waals surface area contributed by atoms with Gasteiger partial charge in [0.25, 0.3) is 0 Å². The van der Waals surface area contributed by atoms with E-state index in [0.29, 0.717) is 5.92 Å². The Labute approximate surface area is 123 Å². The second-order valence-electron chi connectivity index (χ2n) is 5.33. The van der Waals surface area contributed by atoms with Crippen molar-refractivity contribution in [3.8, 4) is 0 Å². The van der Waals surface area contributed by atoms with Crippen molar-refractivity contribution in [3.05, 3.63) is 77.9 Å². The van der Waals surface area contributed by atoms with Gasteiger partial charge in [0, 0.05) is 10.8 Å². The van der Waals surface area contributed by atoms with Crippen LogP contribution in [0.2, 0.25) is 0 Å². The van der Waals surface area contributed by atoms with E-state index in [1.807, 2.05) is 11.8 Å². The highest BCUT2D eigenvalue weighted by atomic mass is 32.2. The molecule has 1 heteroatoms. The van der Waals surface area contributed by atoms with Gasteiger partial charge in [-0.1, -0.05) is 60.7 Å². The molecule has 0 saturated heterocycles. The number of benzene rings is 3. The van der Waals surface area contributed by atoms with Crippen molar-refractivity contribution in [3.63, 3.8) is 0 Å². The summed E-state index contributed by atoms with van der Waals surface area (Å²) in [6.07, 6.45) is 1.24. The Hall–Kier alpha value is -1.73. The lowest BCUT2D eigenvalue weighted by Gasteiger charge is -2.25. The topological polar surface area (TPSA) is 0 Å². The van der Waals surface area contributed by atoms with E-state index in [1.54, 1.807) is 0 Å². The fourth-order valence-electron chi connectivity index (χ4n) is 3.11. The van der Waals surface area contributed by atoms with Gasteiger partial charge in [0.15, 0.2) is 0 Å². The fourth-order valence-corrected chi connectivity index (χ4v) is 4.24. The van der Waals surface area contributed by atoms with E-state index in [1.165, 1.54) is 39.0 Å². The van der Waals surface area contributed by atoms with Crippen molar-refractivity contribution < 1.29 is 0 Å². The second-order valence-corrected chi connectivity index (χ2v) is 6.47. The van der Waals surface area contributed by atoms with Crippen LogP contribution >= 0.6 is 11.8 Å². The van der Waals surface area contributed by atoms with Crippen LogP contribution in [0.25, 0.3) is 10.8 Å². The molecule has 1 aliphatic heterocycles. The zero-order valence-corrected chi connectivity index (χ0v) is 12.1. The highest BCUT2D eigenvalue weighted by Crippen LogP contribution is 2.41. The van der Waals surface area contributed by atoms with Crippen LogP contribution in [-0.4, -0.2) is 5.75 Å². The van der Waals surface area contributed by atoms with Crippen molar-refractivity contribution in [2.75, 3.05) is 5.75 Å². The van der Waals surface area contributed by atoms with E-state index in [-0.39, 0.29) is 0 Å². The van der Waals surface area contributed by atoms with Gasteiger partial charge in [-0.3, -0.25) is 0 Å². The van der Waals surface area contributed by atoms with Crippen LogP contribution < -0.4 is 0 Å². The molecule has 1 atom stereocenters. The van der Waals surface area contributed by atoms with Crippen LogP contribution in [0, 0.1) is 0 Å². The highest BCUT2D eigenvalue weighted by molar-refractivity contribution is 7.99. The van der Waals surface area contributed by atoms with Crippen LogP contribution in [0.5, 0.6) is 0 Å². The summed E-state index contributed by atoms with van der Waals surface area (Å²) in [6.45, 7) is 0. The molecular formula is C19H16S. The minimum absolute atomic E-state index is 0.553. The first-order valence-electron chi connectivity index (χ1n) is 7.12. The zero-order chi connectivity index (χ0) is 13.4. The molecule has 0 aliphatic carbocycles. The Morgan fingerprint density at radius 2 is 1.60 bits per heavy atom. The van der Waals surface area contributed by atoms with Crippen molar-refractivity contribution in [2.45, 2.75) is 17.2 Å². The van der Waals surface area contributed by atoms with Crippen molar-refractivity contribution in [2.24, 2.45) is 0 Å². The maximum atomic E-state index is 2.37. The maximum Gasteiger partial charge on any atom is 0.0110 e. The molecule has 98 valence electrons. The minimum Gasteiger partial charge on any atom is -0.126 e. The molecule has 0 amide bonds. The van der Waals surface area contributed by atoms with Crippen LogP contribution in [0.1, 0.15) is 23.5 Å². The molecule has 1 aliphatic rings. The van der Waals surface area contributed by atoms with Gasteiger partial charge in [-0.2, -0.15) is 0 Å². The molecule has 4 rings (SSSR count). The monoisotopic (exact) mass is 276 g/mol. The fraction of sp³-hybridized carbons (Fsp3) is 0.158. The second kappa shape index (κ2) is 4.99. The number of thioether (sulfide) groups is 1. The minimum atomic E-state index is 0.553. The van der Waals surface area contributed by atoms with Crippen LogP contribution in [-0.2, 0) is 0 Å². The number of hydrogen-bond acceptors (Lipinski definition) is 1. The zero-order valence-electron chi connectivity index (χ0n) is 11.3. The molecule has 0 nitrogen and oxygen atoms in total. The number of fused-ring (bicyclic) bond motifs is 2. The smallest absolute Gasteiger partial charge is 0.0110 e. The lowest BCUT2D eigenvalue weighted by molar-refractivity contribution is 0.756.